The van der Waals surface area contributed by atoms with Gasteiger partial charge in [-0.3, -0.25) is 14.7 Å². The predicted octanol–water partition coefficient (Wildman–Crippen LogP) is 4.95. The summed E-state index contributed by atoms with van der Waals surface area (Å²) >= 11 is 1.43. The van der Waals surface area contributed by atoms with Crippen LogP contribution in [-0.2, 0) is 6.54 Å². The van der Waals surface area contributed by atoms with Crippen molar-refractivity contribution in [1.29, 1.82) is 0 Å². The Labute approximate surface area is 190 Å². The maximum atomic E-state index is 13.7. The van der Waals surface area contributed by atoms with E-state index in [1.54, 1.807) is 36.4 Å². The van der Waals surface area contributed by atoms with Crippen molar-refractivity contribution in [2.24, 2.45) is 0 Å². The molecule has 8 heteroatoms. The monoisotopic (exact) mass is 449 g/mol. The van der Waals surface area contributed by atoms with Gasteiger partial charge in [0.2, 0.25) is 0 Å². The lowest BCUT2D eigenvalue weighted by Gasteiger charge is -2.21. The molecule has 0 spiro atoms. The number of carbonyl (C=O) groups is 1. The van der Waals surface area contributed by atoms with Crippen molar-refractivity contribution in [3.8, 4) is 17.2 Å². The number of amides is 1. The van der Waals surface area contributed by atoms with Crippen molar-refractivity contribution in [2.75, 3.05) is 25.7 Å². The number of anilines is 1. The lowest BCUT2D eigenvalue weighted by Crippen LogP contribution is -2.31. The Morgan fingerprint density at radius 3 is 2.66 bits per heavy atom. The van der Waals surface area contributed by atoms with Crippen LogP contribution < -0.4 is 19.1 Å². The van der Waals surface area contributed by atoms with Crippen molar-refractivity contribution in [1.82, 2.24) is 9.97 Å². The molecule has 0 atom stereocenters. The molecule has 1 amide bonds. The van der Waals surface area contributed by atoms with Gasteiger partial charge in [0.25, 0.3) is 5.91 Å². The Balaban J connectivity index is 1.79. The summed E-state index contributed by atoms with van der Waals surface area (Å²) in [6.07, 6.45) is 1.71. The molecule has 0 aliphatic carbocycles. The van der Waals surface area contributed by atoms with E-state index in [0.29, 0.717) is 28.8 Å². The van der Waals surface area contributed by atoms with Gasteiger partial charge >= 0.3 is 0 Å². The highest BCUT2D eigenvalue weighted by Crippen LogP contribution is 2.36. The number of benzene rings is 2. The SMILES string of the molecule is CCOc1ccc2nc(N(Cc3ccccn3)C(=O)c3cccc(OC)c3OC)sc2c1. The summed E-state index contributed by atoms with van der Waals surface area (Å²) in [6, 6.07) is 16.6. The van der Waals surface area contributed by atoms with Crippen LogP contribution in [0.3, 0.4) is 0 Å². The molecule has 0 unspecified atom stereocenters. The summed E-state index contributed by atoms with van der Waals surface area (Å²) in [5, 5.41) is 0.564. The molecule has 0 N–H and O–H groups in total. The van der Waals surface area contributed by atoms with Gasteiger partial charge in [-0.15, -0.1) is 0 Å². The molecule has 32 heavy (non-hydrogen) atoms. The fourth-order valence-electron chi connectivity index (χ4n) is 3.35. The highest BCUT2D eigenvalue weighted by molar-refractivity contribution is 7.22. The lowest BCUT2D eigenvalue weighted by atomic mass is 10.1. The van der Waals surface area contributed by atoms with Gasteiger partial charge in [0.1, 0.15) is 5.75 Å². The van der Waals surface area contributed by atoms with E-state index in [9.17, 15) is 4.79 Å². The zero-order valence-electron chi connectivity index (χ0n) is 18.1. The molecule has 0 aliphatic rings. The van der Waals surface area contributed by atoms with Crippen LogP contribution >= 0.6 is 11.3 Å². The highest BCUT2D eigenvalue weighted by atomic mass is 32.1. The van der Waals surface area contributed by atoms with Crippen molar-refractivity contribution < 1.29 is 19.0 Å². The minimum Gasteiger partial charge on any atom is -0.494 e. The molecule has 0 fully saturated rings. The van der Waals surface area contributed by atoms with Crippen LogP contribution in [0.2, 0.25) is 0 Å². The molecule has 0 aliphatic heterocycles. The van der Waals surface area contributed by atoms with Crippen LogP contribution in [0.4, 0.5) is 5.13 Å². The number of hydrogen-bond acceptors (Lipinski definition) is 7. The molecule has 2 heterocycles. The lowest BCUT2D eigenvalue weighted by molar-refractivity contribution is 0.0981. The van der Waals surface area contributed by atoms with Crippen LogP contribution in [0.1, 0.15) is 23.0 Å². The first kappa shape index (κ1) is 21.6. The van der Waals surface area contributed by atoms with E-state index in [1.165, 1.54) is 18.4 Å². The zero-order valence-corrected chi connectivity index (χ0v) is 18.9. The molecule has 2 aromatic heterocycles. The van der Waals surface area contributed by atoms with Crippen molar-refractivity contribution >= 4 is 32.6 Å². The van der Waals surface area contributed by atoms with Crippen LogP contribution in [0.25, 0.3) is 10.2 Å². The third-order valence-corrected chi connectivity index (χ3v) is 5.86. The Hall–Kier alpha value is -3.65. The van der Waals surface area contributed by atoms with Gasteiger partial charge in [0.05, 0.1) is 48.8 Å². The molecule has 4 rings (SSSR count). The van der Waals surface area contributed by atoms with E-state index in [1.807, 2.05) is 43.3 Å². The molecule has 0 saturated carbocycles. The normalized spacial score (nSPS) is 10.7. The van der Waals surface area contributed by atoms with Crippen molar-refractivity contribution in [3.63, 3.8) is 0 Å². The van der Waals surface area contributed by atoms with Crippen LogP contribution in [0.15, 0.2) is 60.8 Å². The van der Waals surface area contributed by atoms with Crippen molar-refractivity contribution in [2.45, 2.75) is 13.5 Å². The summed E-state index contributed by atoms with van der Waals surface area (Å²) in [4.78, 5) is 24.5. The molecular formula is C24H23N3O4S. The fraction of sp³-hybridized carbons (Fsp3) is 0.208. The molecular weight excluding hydrogens is 426 g/mol. The first-order valence-corrected chi connectivity index (χ1v) is 10.9. The Kier molecular flexibility index (Phi) is 6.51. The zero-order chi connectivity index (χ0) is 22.5. The summed E-state index contributed by atoms with van der Waals surface area (Å²) in [7, 11) is 3.06. The topological polar surface area (TPSA) is 73.8 Å². The summed E-state index contributed by atoms with van der Waals surface area (Å²) in [5.74, 6) is 1.38. The van der Waals surface area contributed by atoms with Gasteiger partial charge in [-0.05, 0) is 49.4 Å². The Morgan fingerprint density at radius 1 is 1.06 bits per heavy atom. The third kappa shape index (κ3) is 4.36. The van der Waals surface area contributed by atoms with Crippen LogP contribution in [0.5, 0.6) is 17.2 Å². The van der Waals surface area contributed by atoms with E-state index in [-0.39, 0.29) is 12.5 Å². The van der Waals surface area contributed by atoms with Gasteiger partial charge in [-0.25, -0.2) is 4.98 Å². The molecule has 7 nitrogen and oxygen atoms in total. The van der Waals surface area contributed by atoms with Gasteiger partial charge in [-0.1, -0.05) is 23.5 Å². The number of ether oxygens (including phenoxy) is 3. The Bertz CT molecular complexity index is 1230. The summed E-state index contributed by atoms with van der Waals surface area (Å²) in [5.41, 5.74) is 1.93. The Morgan fingerprint density at radius 2 is 1.94 bits per heavy atom. The van der Waals surface area contributed by atoms with Crippen molar-refractivity contribution in [3.05, 3.63) is 72.1 Å². The number of thiazole rings is 1. The highest BCUT2D eigenvalue weighted by Gasteiger charge is 2.26. The number of aromatic nitrogens is 2. The summed E-state index contributed by atoms with van der Waals surface area (Å²) in [6.45, 7) is 2.78. The second kappa shape index (κ2) is 9.65. The van der Waals surface area contributed by atoms with E-state index < -0.39 is 0 Å². The number of nitrogens with zero attached hydrogens (tertiary/aromatic N) is 3. The first-order valence-electron chi connectivity index (χ1n) is 10.1. The first-order chi connectivity index (χ1) is 15.6. The van der Waals surface area contributed by atoms with E-state index in [4.69, 9.17) is 19.2 Å². The number of rotatable bonds is 8. The minimum absolute atomic E-state index is 0.254. The smallest absolute Gasteiger partial charge is 0.264 e. The molecule has 164 valence electrons. The molecule has 0 saturated heterocycles. The van der Waals surface area contributed by atoms with Gasteiger partial charge in [0.15, 0.2) is 16.6 Å². The number of hydrogen-bond donors (Lipinski definition) is 0. The second-order valence-corrected chi connectivity index (χ2v) is 7.82. The quantitative estimate of drug-likeness (QED) is 0.379. The molecule has 0 radical (unpaired) electrons. The third-order valence-electron chi connectivity index (χ3n) is 4.82. The molecule has 4 aromatic rings. The average molecular weight is 450 g/mol. The van der Waals surface area contributed by atoms with Gasteiger partial charge in [0, 0.05) is 6.20 Å². The van der Waals surface area contributed by atoms with Crippen LogP contribution in [-0.4, -0.2) is 36.7 Å². The molecule has 2 aromatic carbocycles. The van der Waals surface area contributed by atoms with Crippen LogP contribution in [0, 0.1) is 0 Å². The van der Waals surface area contributed by atoms with Gasteiger partial charge in [-0.2, -0.15) is 0 Å². The molecule has 0 bridgehead atoms. The number of para-hydroxylation sites is 1. The maximum absolute atomic E-state index is 13.7. The minimum atomic E-state index is -0.254. The number of pyridine rings is 1. The predicted molar refractivity (Wildman–Crippen MR) is 125 cm³/mol. The van der Waals surface area contributed by atoms with E-state index in [0.717, 1.165) is 21.7 Å². The second-order valence-electron chi connectivity index (χ2n) is 6.81. The summed E-state index contributed by atoms with van der Waals surface area (Å²) < 4.78 is 17.4. The average Bonchev–Trinajstić information content (AvgIpc) is 3.25. The van der Waals surface area contributed by atoms with E-state index >= 15 is 0 Å². The number of methoxy groups -OCH3 is 2. The number of fused-ring (bicyclic) bond motifs is 1. The largest absolute Gasteiger partial charge is 0.494 e. The maximum Gasteiger partial charge on any atom is 0.264 e. The number of carbonyl (C=O) groups excluding carboxylic acids is 1. The van der Waals surface area contributed by atoms with Gasteiger partial charge < -0.3 is 14.2 Å². The standard InChI is InChI=1S/C24H23N3O4S/c1-4-31-17-11-12-19-21(14-17)32-24(26-19)27(15-16-8-5-6-13-25-16)23(28)18-9-7-10-20(29-2)22(18)30-3/h5-14H,4,15H2,1-3H3. The van der Waals surface area contributed by atoms with E-state index in [2.05, 4.69) is 4.98 Å². The fourth-order valence-corrected chi connectivity index (χ4v) is 4.34.